The minimum atomic E-state index is 0.603. The molecule has 0 nitrogen and oxygen atoms in total. The van der Waals surface area contributed by atoms with E-state index in [1.54, 1.807) is 0 Å². The van der Waals surface area contributed by atoms with Crippen LogP contribution in [-0.2, 0) is 0 Å². The molecule has 0 aliphatic heterocycles. The van der Waals surface area contributed by atoms with Crippen molar-refractivity contribution in [1.29, 1.82) is 0 Å². The first-order chi connectivity index (χ1) is 2.41. The van der Waals surface area contributed by atoms with Gasteiger partial charge < -0.3 is 0 Å². The van der Waals surface area contributed by atoms with Crippen molar-refractivity contribution >= 4 is 34.1 Å². The SMILES string of the molecule is CC[Te][Te]C. The van der Waals surface area contributed by atoms with Gasteiger partial charge >= 0.3 is 50.5 Å². The molecule has 0 N–H and O–H groups in total. The van der Waals surface area contributed by atoms with E-state index in [0.29, 0.717) is 34.1 Å². The summed E-state index contributed by atoms with van der Waals surface area (Å²) in [6.07, 6.45) is 0. The Balaban J connectivity index is 2.19. The van der Waals surface area contributed by atoms with Gasteiger partial charge in [-0.2, -0.15) is 0 Å². The third kappa shape index (κ3) is 5.58. The van der Waals surface area contributed by atoms with Gasteiger partial charge in [0.15, 0.2) is 0 Å². The quantitative estimate of drug-likeness (QED) is 0.662. The van der Waals surface area contributed by atoms with Gasteiger partial charge in [0.2, 0.25) is 0 Å². The Morgan fingerprint density at radius 1 is 1.60 bits per heavy atom. The van der Waals surface area contributed by atoms with Gasteiger partial charge in [0, 0.05) is 0 Å². The van der Waals surface area contributed by atoms with E-state index in [1.165, 1.54) is 4.47 Å². The third-order valence-corrected chi connectivity index (χ3v) is 10.6. The molecule has 0 atom stereocenters. The molecular formula is C3H8Te2. The summed E-state index contributed by atoms with van der Waals surface area (Å²) in [5.41, 5.74) is 0. The van der Waals surface area contributed by atoms with E-state index < -0.39 is 0 Å². The molecule has 0 aromatic carbocycles. The molecule has 0 aromatic rings. The maximum absolute atomic E-state index is 2.40. The molecule has 5 heavy (non-hydrogen) atoms. The average Bonchev–Trinajstić information content (AvgIpc) is 1.41. The van der Waals surface area contributed by atoms with E-state index in [1.807, 2.05) is 0 Å². The first-order valence-electron chi connectivity index (χ1n) is 1.57. The van der Waals surface area contributed by atoms with Gasteiger partial charge in [-0.05, 0) is 0 Å². The Kier molecular flexibility index (Phi) is 7.34. The Bertz CT molecular complexity index is 12.4. The summed E-state index contributed by atoms with van der Waals surface area (Å²) in [4.78, 5) is 2.40. The normalized spacial score (nSPS) is 8.40. The molecule has 0 heterocycles. The molecule has 0 amide bonds. The number of rotatable bonds is 2. The summed E-state index contributed by atoms with van der Waals surface area (Å²) in [5, 5.41) is 0. The van der Waals surface area contributed by atoms with Crippen LogP contribution in [0.25, 0.3) is 0 Å². The van der Waals surface area contributed by atoms with Gasteiger partial charge in [0.05, 0.1) is 0 Å². The first-order valence-corrected chi connectivity index (χ1v) is 12.9. The van der Waals surface area contributed by atoms with Gasteiger partial charge in [0.1, 0.15) is 0 Å². The van der Waals surface area contributed by atoms with Crippen molar-refractivity contribution < 1.29 is 0 Å². The van der Waals surface area contributed by atoms with Crippen LogP contribution < -0.4 is 0 Å². The second-order valence-corrected chi connectivity index (χ2v) is 14.7. The topological polar surface area (TPSA) is 0 Å². The van der Waals surface area contributed by atoms with Crippen molar-refractivity contribution in [3.05, 3.63) is 0 Å². The van der Waals surface area contributed by atoms with Crippen LogP contribution in [0.2, 0.25) is 9.44 Å². The molecule has 0 bridgehead atoms. The summed E-state index contributed by atoms with van der Waals surface area (Å²) in [5.74, 6) is 0. The predicted molar refractivity (Wildman–Crippen MR) is 27.9 cm³/mol. The third-order valence-electron chi connectivity index (χ3n) is 0.236. The van der Waals surface area contributed by atoms with Crippen molar-refractivity contribution in [3.8, 4) is 0 Å². The Hall–Kier alpha value is 1.58. The van der Waals surface area contributed by atoms with Crippen LogP contribution in [0.3, 0.4) is 0 Å². The fourth-order valence-electron chi connectivity index (χ4n) is 0.118. The summed E-state index contributed by atoms with van der Waals surface area (Å²) in [7, 11) is 0. The van der Waals surface area contributed by atoms with E-state index in [0.717, 1.165) is 0 Å². The van der Waals surface area contributed by atoms with Crippen LogP contribution in [0, 0.1) is 0 Å². The second kappa shape index (κ2) is 5.58. The van der Waals surface area contributed by atoms with Crippen LogP contribution in [0.4, 0.5) is 0 Å². The zero-order chi connectivity index (χ0) is 4.12. The molecule has 0 rings (SSSR count). The molecule has 0 radical (unpaired) electrons. The Morgan fingerprint density at radius 2 is 2.20 bits per heavy atom. The van der Waals surface area contributed by atoms with E-state index in [4.69, 9.17) is 0 Å². The molecule has 2 heteroatoms. The molecule has 32 valence electrons. The molecule has 0 saturated heterocycles. The monoisotopic (exact) mass is 304 g/mol. The zero-order valence-electron chi connectivity index (χ0n) is 3.52. The molecule has 0 aromatic heterocycles. The van der Waals surface area contributed by atoms with E-state index in [2.05, 4.69) is 11.9 Å². The van der Waals surface area contributed by atoms with Gasteiger partial charge in [-0.25, -0.2) is 0 Å². The van der Waals surface area contributed by atoms with Gasteiger partial charge in [-0.1, -0.05) is 0 Å². The van der Waals surface area contributed by atoms with Crippen LogP contribution in [0.1, 0.15) is 6.92 Å². The summed E-state index contributed by atoms with van der Waals surface area (Å²) >= 11 is 1.23. The fraction of sp³-hybridized carbons (Fsp3) is 1.00. The first kappa shape index (κ1) is 6.58. The fourth-order valence-corrected chi connectivity index (χ4v) is 5.30. The number of hydrogen-bond donors (Lipinski definition) is 0. The van der Waals surface area contributed by atoms with Crippen LogP contribution in [0.5, 0.6) is 0 Å². The van der Waals surface area contributed by atoms with Gasteiger partial charge in [-0.3, -0.25) is 0 Å². The van der Waals surface area contributed by atoms with Gasteiger partial charge in [0.25, 0.3) is 0 Å². The van der Waals surface area contributed by atoms with Crippen LogP contribution in [-0.4, -0.2) is 34.1 Å². The molecule has 0 unspecified atom stereocenters. The second-order valence-electron chi connectivity index (χ2n) is 0.573. The van der Waals surface area contributed by atoms with Crippen molar-refractivity contribution in [3.63, 3.8) is 0 Å². The van der Waals surface area contributed by atoms with Crippen LogP contribution >= 0.6 is 0 Å². The molecular weight excluding hydrogens is 291 g/mol. The average molecular weight is 299 g/mol. The molecule has 0 fully saturated rings. The van der Waals surface area contributed by atoms with E-state index >= 15 is 0 Å². The molecule has 0 saturated carbocycles. The van der Waals surface area contributed by atoms with Crippen molar-refractivity contribution in [2.24, 2.45) is 0 Å². The summed E-state index contributed by atoms with van der Waals surface area (Å²) in [6, 6.07) is 0. The zero-order valence-corrected chi connectivity index (χ0v) is 8.18. The number of hydrogen-bond acceptors (Lipinski definition) is 0. The van der Waals surface area contributed by atoms with Crippen LogP contribution in [0.15, 0.2) is 0 Å². The van der Waals surface area contributed by atoms with Gasteiger partial charge in [-0.15, -0.1) is 0 Å². The predicted octanol–water partition coefficient (Wildman–Crippen LogP) is 0.796. The maximum atomic E-state index is 2.40. The van der Waals surface area contributed by atoms with E-state index in [9.17, 15) is 0 Å². The Labute approximate surface area is 50.0 Å². The van der Waals surface area contributed by atoms with Crippen molar-refractivity contribution in [2.75, 3.05) is 0 Å². The molecule has 0 spiro atoms. The standard InChI is InChI=1S/C3H8Te2/c1-3-5-4-2/h3H2,1-2H3. The molecule has 0 aliphatic rings. The van der Waals surface area contributed by atoms with Crippen molar-refractivity contribution in [2.45, 2.75) is 16.4 Å². The Morgan fingerprint density at radius 3 is 2.20 bits per heavy atom. The minimum absolute atomic E-state index is 0.603. The molecule has 0 aliphatic carbocycles. The van der Waals surface area contributed by atoms with E-state index in [-0.39, 0.29) is 0 Å². The summed E-state index contributed by atoms with van der Waals surface area (Å²) < 4.78 is 1.53. The van der Waals surface area contributed by atoms with Crippen molar-refractivity contribution in [1.82, 2.24) is 0 Å². The summed E-state index contributed by atoms with van der Waals surface area (Å²) in [6.45, 7) is 2.30.